The van der Waals surface area contributed by atoms with Gasteiger partial charge >= 0.3 is 5.91 Å². The quantitative estimate of drug-likeness (QED) is 0.639. The van der Waals surface area contributed by atoms with Crippen LogP contribution in [0.25, 0.3) is 10.9 Å². The second-order valence-electron chi connectivity index (χ2n) is 5.21. The molecule has 24 heavy (non-hydrogen) atoms. The van der Waals surface area contributed by atoms with E-state index in [0.29, 0.717) is 11.1 Å². The monoisotopic (exact) mass is 387 g/mol. The van der Waals surface area contributed by atoms with Crippen molar-refractivity contribution in [3.8, 4) is 11.6 Å². The molecule has 3 aromatic rings. The summed E-state index contributed by atoms with van der Waals surface area (Å²) in [6, 6.07) is 12.8. The minimum absolute atomic E-state index is 0.125. The third-order valence-electron chi connectivity index (χ3n) is 3.33. The molecule has 0 saturated carbocycles. The number of aromatic nitrogens is 1. The lowest BCUT2D eigenvalue weighted by molar-refractivity contribution is -0.120. The molecule has 7 heteroatoms. The van der Waals surface area contributed by atoms with Crippen LogP contribution in [0.5, 0.6) is 11.6 Å². The second-order valence-corrected chi connectivity index (χ2v) is 6.13. The van der Waals surface area contributed by atoms with Crippen molar-refractivity contribution in [2.24, 2.45) is 10.2 Å². The lowest BCUT2D eigenvalue weighted by Crippen LogP contribution is -2.07. The summed E-state index contributed by atoms with van der Waals surface area (Å²) in [4.78, 5) is 14.6. The van der Waals surface area contributed by atoms with Gasteiger partial charge in [-0.3, -0.25) is 4.79 Å². The van der Waals surface area contributed by atoms with Crippen LogP contribution < -0.4 is 4.74 Å². The number of carbonyl (C=O) groups is 1. The Hall–Kier alpha value is -2.67. The van der Waals surface area contributed by atoms with Gasteiger partial charge in [-0.2, -0.15) is 0 Å². The zero-order chi connectivity index (χ0) is 17.1. The predicted octanol–water partition coefficient (Wildman–Crippen LogP) is 4.63. The van der Waals surface area contributed by atoms with Crippen LogP contribution in [0.2, 0.25) is 0 Å². The van der Waals surface area contributed by atoms with Gasteiger partial charge in [-0.15, -0.1) is 10.2 Å². The molecule has 0 saturated heterocycles. The van der Waals surface area contributed by atoms with Gasteiger partial charge < -0.3 is 14.8 Å². The van der Waals surface area contributed by atoms with Gasteiger partial charge in [-0.1, -0.05) is 33.6 Å². The average Bonchev–Trinajstić information content (AvgIpc) is 2.86. The van der Waals surface area contributed by atoms with Crippen molar-refractivity contribution in [2.45, 2.75) is 6.92 Å². The largest absolute Gasteiger partial charge is 0.493 e. The molecule has 0 unspecified atom stereocenters. The van der Waals surface area contributed by atoms with Crippen molar-refractivity contribution in [3.05, 3.63) is 52.5 Å². The Labute approximate surface area is 146 Å². The van der Waals surface area contributed by atoms with E-state index in [1.165, 1.54) is 0 Å². The van der Waals surface area contributed by atoms with Gasteiger partial charge in [-0.05, 0) is 37.3 Å². The van der Waals surface area contributed by atoms with E-state index in [2.05, 4.69) is 31.1 Å². The maximum absolute atomic E-state index is 11.8. The highest BCUT2D eigenvalue weighted by Crippen LogP contribution is 2.35. The highest BCUT2D eigenvalue weighted by Gasteiger charge is 2.11. The van der Waals surface area contributed by atoms with Crippen molar-refractivity contribution < 1.29 is 14.6 Å². The fourth-order valence-electron chi connectivity index (χ4n) is 2.22. The summed E-state index contributed by atoms with van der Waals surface area (Å²) in [6.07, 6.45) is 0. The van der Waals surface area contributed by atoms with E-state index in [1.54, 1.807) is 18.2 Å². The van der Waals surface area contributed by atoms with Crippen LogP contribution in [0.4, 0.5) is 5.69 Å². The molecule has 0 bridgehead atoms. The lowest BCUT2D eigenvalue weighted by atomic mass is 10.2. The summed E-state index contributed by atoms with van der Waals surface area (Å²) < 4.78 is 6.21. The molecule has 122 valence electrons. The van der Waals surface area contributed by atoms with E-state index in [-0.39, 0.29) is 18.2 Å². The molecule has 0 spiro atoms. The summed E-state index contributed by atoms with van der Waals surface area (Å²) in [6.45, 7) is 1.70. The van der Waals surface area contributed by atoms with Crippen LogP contribution in [0, 0.1) is 6.92 Å². The van der Waals surface area contributed by atoms with Gasteiger partial charge in [0.25, 0.3) is 0 Å². The molecule has 0 radical (unpaired) electrons. The molecule has 0 fully saturated rings. The van der Waals surface area contributed by atoms with Crippen LogP contribution in [0.15, 0.2) is 57.2 Å². The Balaban J connectivity index is 1.72. The molecule has 2 N–H and O–H groups in total. The minimum atomic E-state index is -0.545. The number of amides is 1. The van der Waals surface area contributed by atoms with Gasteiger partial charge in [0.05, 0.1) is 5.52 Å². The molecule has 0 atom stereocenters. The number of nitrogens with one attached hydrogen (secondary N) is 1. The number of nitrogens with zero attached hydrogens (tertiary/aromatic N) is 2. The first kappa shape index (κ1) is 16.2. The summed E-state index contributed by atoms with van der Waals surface area (Å²) >= 11 is 3.32. The summed E-state index contributed by atoms with van der Waals surface area (Å²) in [5, 5.41) is 18.1. The number of halogens is 1. The van der Waals surface area contributed by atoms with Crippen molar-refractivity contribution in [1.82, 2.24) is 4.98 Å². The van der Waals surface area contributed by atoms with Crippen molar-refractivity contribution in [2.75, 3.05) is 6.61 Å². The van der Waals surface area contributed by atoms with Gasteiger partial charge in [0.15, 0.2) is 12.3 Å². The van der Waals surface area contributed by atoms with Crippen molar-refractivity contribution in [3.63, 3.8) is 0 Å². The number of aromatic hydroxyl groups is 1. The molecule has 3 rings (SSSR count). The van der Waals surface area contributed by atoms with Crippen LogP contribution >= 0.6 is 15.9 Å². The molecular formula is C17H14BrN3O3. The first-order valence-electron chi connectivity index (χ1n) is 7.17. The van der Waals surface area contributed by atoms with E-state index in [4.69, 9.17) is 4.74 Å². The number of aryl methyl sites for hydroxylation is 1. The summed E-state index contributed by atoms with van der Waals surface area (Å²) in [5.41, 5.74) is 1.98. The number of hydrogen-bond acceptors (Lipinski definition) is 4. The number of ether oxygens (including phenoxy) is 1. The molecular weight excluding hydrogens is 374 g/mol. The predicted molar refractivity (Wildman–Crippen MR) is 93.9 cm³/mol. The molecule has 6 nitrogen and oxygen atoms in total. The Kier molecular flexibility index (Phi) is 4.61. The number of azo groups is 1. The maximum atomic E-state index is 11.8. The van der Waals surface area contributed by atoms with E-state index in [1.807, 2.05) is 31.2 Å². The normalized spacial score (nSPS) is 11.2. The maximum Gasteiger partial charge on any atom is 0.302 e. The van der Waals surface area contributed by atoms with Crippen molar-refractivity contribution >= 4 is 38.4 Å². The highest BCUT2D eigenvalue weighted by molar-refractivity contribution is 9.10. The standard InChI is InChI=1S/C17H14BrN3O3/c1-10-5-6-14-13(7-10)16(17(23)19-14)21-20-15(22)9-24-12-4-2-3-11(18)8-12/h2-8,19,23H,9H2,1H3. The molecule has 1 amide bonds. The minimum Gasteiger partial charge on any atom is -0.493 e. The number of aromatic amines is 1. The van der Waals surface area contributed by atoms with Gasteiger partial charge in [-0.25, -0.2) is 0 Å². The Morgan fingerprint density at radius 2 is 2.12 bits per heavy atom. The third-order valence-corrected chi connectivity index (χ3v) is 3.82. The van der Waals surface area contributed by atoms with Gasteiger partial charge in [0.2, 0.25) is 5.88 Å². The zero-order valence-electron chi connectivity index (χ0n) is 12.8. The smallest absolute Gasteiger partial charge is 0.302 e. The van der Waals surface area contributed by atoms with Crippen LogP contribution in [0.1, 0.15) is 5.56 Å². The number of hydrogen-bond donors (Lipinski definition) is 2. The van der Waals surface area contributed by atoms with E-state index >= 15 is 0 Å². The first-order valence-corrected chi connectivity index (χ1v) is 7.96. The van der Waals surface area contributed by atoms with E-state index < -0.39 is 5.91 Å². The Morgan fingerprint density at radius 3 is 2.92 bits per heavy atom. The molecule has 2 aromatic carbocycles. The average molecular weight is 388 g/mol. The second kappa shape index (κ2) is 6.84. The highest BCUT2D eigenvalue weighted by atomic mass is 79.9. The third kappa shape index (κ3) is 3.62. The fourth-order valence-corrected chi connectivity index (χ4v) is 2.59. The number of fused-ring (bicyclic) bond motifs is 1. The van der Waals surface area contributed by atoms with Crippen LogP contribution in [0.3, 0.4) is 0 Å². The molecule has 0 aliphatic carbocycles. The van der Waals surface area contributed by atoms with Gasteiger partial charge in [0.1, 0.15) is 5.75 Å². The number of H-pyrrole nitrogens is 1. The SMILES string of the molecule is Cc1ccc2[nH]c(O)c(N=NC(=O)COc3cccc(Br)c3)c2c1. The molecule has 1 heterocycles. The molecule has 1 aromatic heterocycles. The van der Waals surface area contributed by atoms with E-state index in [9.17, 15) is 9.90 Å². The van der Waals surface area contributed by atoms with Crippen LogP contribution in [-0.4, -0.2) is 22.6 Å². The topological polar surface area (TPSA) is 87.0 Å². The number of benzene rings is 2. The fraction of sp³-hybridized carbons (Fsp3) is 0.118. The van der Waals surface area contributed by atoms with Crippen LogP contribution in [-0.2, 0) is 4.79 Å². The summed E-state index contributed by atoms with van der Waals surface area (Å²) in [5.74, 6) is -0.116. The number of rotatable bonds is 4. The Morgan fingerprint density at radius 1 is 1.29 bits per heavy atom. The molecule has 0 aliphatic heterocycles. The van der Waals surface area contributed by atoms with Crippen molar-refractivity contribution in [1.29, 1.82) is 0 Å². The van der Waals surface area contributed by atoms with E-state index in [0.717, 1.165) is 15.6 Å². The zero-order valence-corrected chi connectivity index (χ0v) is 14.4. The molecule has 0 aliphatic rings. The van der Waals surface area contributed by atoms with Gasteiger partial charge in [0, 0.05) is 9.86 Å². The summed E-state index contributed by atoms with van der Waals surface area (Å²) in [7, 11) is 0. The number of carbonyl (C=O) groups excluding carboxylic acids is 1. The Bertz CT molecular complexity index is 934. The first-order chi connectivity index (χ1) is 11.5. The lowest BCUT2D eigenvalue weighted by Gasteiger charge is -2.02.